The minimum Gasteiger partial charge on any atom is -0.373 e. The summed E-state index contributed by atoms with van der Waals surface area (Å²) in [6.45, 7) is 1.92. The van der Waals surface area contributed by atoms with Gasteiger partial charge in [0, 0.05) is 12.3 Å². The van der Waals surface area contributed by atoms with Crippen LogP contribution in [-0.2, 0) is 4.79 Å². The Balaban J connectivity index is 2.44. The maximum absolute atomic E-state index is 10.5. The minimum absolute atomic E-state index is 0.0411. The first-order valence-electron chi connectivity index (χ1n) is 3.17. The zero-order chi connectivity index (χ0) is 6.85. The highest BCUT2D eigenvalue weighted by molar-refractivity contribution is 5.76. The zero-order valence-corrected chi connectivity index (χ0v) is 5.42. The van der Waals surface area contributed by atoms with Gasteiger partial charge in [0.1, 0.15) is 6.23 Å². The predicted octanol–water partition coefficient (Wildman–Crippen LogP) is -0.149. The molecule has 1 aliphatic heterocycles. The zero-order valence-electron chi connectivity index (χ0n) is 5.42. The summed E-state index contributed by atoms with van der Waals surface area (Å²) in [5, 5.41) is 11.5. The van der Waals surface area contributed by atoms with Crippen LogP contribution in [0.15, 0.2) is 0 Å². The molecule has 1 amide bonds. The van der Waals surface area contributed by atoms with Gasteiger partial charge in [0.05, 0.1) is 0 Å². The van der Waals surface area contributed by atoms with Crippen molar-refractivity contribution in [1.82, 2.24) is 5.32 Å². The summed E-state index contributed by atoms with van der Waals surface area (Å²) in [6.07, 6.45) is 0.733. The van der Waals surface area contributed by atoms with E-state index in [1.54, 1.807) is 0 Å². The van der Waals surface area contributed by atoms with Crippen LogP contribution in [0.5, 0.6) is 0 Å². The molecule has 0 aromatic heterocycles. The molecule has 0 unspecified atom stereocenters. The smallest absolute Gasteiger partial charge is 0.221 e. The van der Waals surface area contributed by atoms with Gasteiger partial charge in [-0.2, -0.15) is 0 Å². The summed E-state index contributed by atoms with van der Waals surface area (Å²) >= 11 is 0. The van der Waals surface area contributed by atoms with Crippen molar-refractivity contribution in [3.8, 4) is 0 Å². The van der Waals surface area contributed by atoms with E-state index in [2.05, 4.69) is 5.32 Å². The van der Waals surface area contributed by atoms with Crippen molar-refractivity contribution in [2.45, 2.75) is 26.0 Å². The maximum Gasteiger partial charge on any atom is 0.221 e. The Labute approximate surface area is 54.1 Å². The molecule has 9 heavy (non-hydrogen) atoms. The lowest BCUT2D eigenvalue weighted by atomic mass is 10.00. The predicted molar refractivity (Wildman–Crippen MR) is 32.5 cm³/mol. The molecule has 0 aromatic carbocycles. The second kappa shape index (κ2) is 2.35. The molecule has 0 radical (unpaired) electrons. The molecule has 3 heteroatoms. The van der Waals surface area contributed by atoms with Gasteiger partial charge in [-0.25, -0.2) is 0 Å². The van der Waals surface area contributed by atoms with Gasteiger partial charge in [0.15, 0.2) is 0 Å². The van der Waals surface area contributed by atoms with Crippen LogP contribution in [0.1, 0.15) is 19.8 Å². The van der Waals surface area contributed by atoms with Crippen LogP contribution in [0, 0.1) is 5.92 Å². The van der Waals surface area contributed by atoms with Gasteiger partial charge in [0.25, 0.3) is 0 Å². The van der Waals surface area contributed by atoms with Crippen molar-refractivity contribution >= 4 is 5.91 Å². The van der Waals surface area contributed by atoms with Gasteiger partial charge < -0.3 is 10.4 Å². The molecule has 1 heterocycles. The van der Waals surface area contributed by atoms with Gasteiger partial charge in [-0.05, 0) is 6.42 Å². The van der Waals surface area contributed by atoms with E-state index >= 15 is 0 Å². The first-order valence-corrected chi connectivity index (χ1v) is 3.17. The normalized spacial score (nSPS) is 36.0. The Hall–Kier alpha value is -0.570. The molecule has 3 nitrogen and oxygen atoms in total. The van der Waals surface area contributed by atoms with E-state index in [0.29, 0.717) is 6.42 Å². The average Bonchev–Trinajstić information content (AvgIpc) is 1.80. The van der Waals surface area contributed by atoms with Crippen molar-refractivity contribution < 1.29 is 9.90 Å². The lowest BCUT2D eigenvalue weighted by Gasteiger charge is -2.24. The summed E-state index contributed by atoms with van der Waals surface area (Å²) in [5.74, 6) is 0.170. The number of aliphatic hydroxyl groups excluding tert-OH is 1. The number of piperidine rings is 1. The van der Waals surface area contributed by atoms with E-state index < -0.39 is 6.23 Å². The highest BCUT2D eigenvalue weighted by Crippen LogP contribution is 2.13. The number of nitrogens with one attached hydrogen (secondary N) is 1. The monoisotopic (exact) mass is 129 g/mol. The third-order valence-corrected chi connectivity index (χ3v) is 1.67. The van der Waals surface area contributed by atoms with E-state index in [1.165, 1.54) is 0 Å². The van der Waals surface area contributed by atoms with E-state index in [9.17, 15) is 4.79 Å². The molecule has 2 atom stereocenters. The lowest BCUT2D eigenvalue weighted by Crippen LogP contribution is -2.43. The summed E-state index contributed by atoms with van der Waals surface area (Å²) in [6, 6.07) is 0. The van der Waals surface area contributed by atoms with Crippen molar-refractivity contribution in [3.63, 3.8) is 0 Å². The second-order valence-corrected chi connectivity index (χ2v) is 2.53. The fourth-order valence-electron chi connectivity index (χ4n) is 0.896. The van der Waals surface area contributed by atoms with Crippen LogP contribution < -0.4 is 5.32 Å². The number of carbonyl (C=O) groups excluding carboxylic acids is 1. The number of hydrogen-bond acceptors (Lipinski definition) is 2. The molecule has 1 saturated heterocycles. The van der Waals surface area contributed by atoms with Crippen LogP contribution in [0.25, 0.3) is 0 Å². The molecule has 0 bridgehead atoms. The molecule has 1 fully saturated rings. The van der Waals surface area contributed by atoms with Gasteiger partial charge in [-0.15, -0.1) is 0 Å². The SMILES string of the molecule is C[C@H]1CCC(=O)N[C@H]1O. The number of carbonyl (C=O) groups is 1. The van der Waals surface area contributed by atoms with E-state index in [0.717, 1.165) is 6.42 Å². The summed E-state index contributed by atoms with van der Waals surface area (Å²) in [7, 11) is 0. The highest BCUT2D eigenvalue weighted by Gasteiger charge is 2.22. The van der Waals surface area contributed by atoms with Crippen LogP contribution in [-0.4, -0.2) is 17.2 Å². The van der Waals surface area contributed by atoms with Crippen molar-refractivity contribution in [3.05, 3.63) is 0 Å². The van der Waals surface area contributed by atoms with Crippen LogP contribution in [0.3, 0.4) is 0 Å². The Morgan fingerprint density at radius 1 is 1.78 bits per heavy atom. The molecular formula is C6H11NO2. The first kappa shape index (κ1) is 6.55. The van der Waals surface area contributed by atoms with Crippen LogP contribution >= 0.6 is 0 Å². The second-order valence-electron chi connectivity index (χ2n) is 2.53. The van der Waals surface area contributed by atoms with Gasteiger partial charge in [0.2, 0.25) is 5.91 Å². The lowest BCUT2D eigenvalue weighted by molar-refractivity contribution is -0.128. The number of aliphatic hydroxyl groups is 1. The Bertz CT molecular complexity index is 124. The van der Waals surface area contributed by atoms with E-state index in [-0.39, 0.29) is 11.8 Å². The third-order valence-electron chi connectivity index (χ3n) is 1.67. The van der Waals surface area contributed by atoms with Crippen molar-refractivity contribution in [2.75, 3.05) is 0 Å². The minimum atomic E-state index is -0.619. The van der Waals surface area contributed by atoms with Crippen molar-refractivity contribution in [2.24, 2.45) is 5.92 Å². The standard InChI is InChI=1S/C6H11NO2/c1-4-2-3-5(8)7-6(4)9/h4,6,9H,2-3H2,1H3,(H,7,8)/t4-,6-/m0/s1. The quantitative estimate of drug-likeness (QED) is 0.478. The van der Waals surface area contributed by atoms with E-state index in [4.69, 9.17) is 5.11 Å². The molecule has 52 valence electrons. The van der Waals surface area contributed by atoms with Crippen LogP contribution in [0.2, 0.25) is 0 Å². The Kier molecular flexibility index (Phi) is 1.71. The molecule has 2 N–H and O–H groups in total. The number of rotatable bonds is 0. The molecule has 0 aromatic rings. The topological polar surface area (TPSA) is 49.3 Å². The van der Waals surface area contributed by atoms with Gasteiger partial charge in [-0.3, -0.25) is 4.79 Å². The summed E-state index contributed by atoms with van der Waals surface area (Å²) in [4.78, 5) is 10.5. The number of hydrogen-bond donors (Lipinski definition) is 2. The third kappa shape index (κ3) is 1.42. The molecule has 0 aliphatic carbocycles. The fourth-order valence-corrected chi connectivity index (χ4v) is 0.896. The van der Waals surface area contributed by atoms with Gasteiger partial charge >= 0.3 is 0 Å². The molecule has 0 spiro atoms. The van der Waals surface area contributed by atoms with Crippen molar-refractivity contribution in [1.29, 1.82) is 0 Å². The summed E-state index contributed by atoms with van der Waals surface area (Å²) in [5.41, 5.74) is 0. The molecule has 1 rings (SSSR count). The Morgan fingerprint density at radius 3 is 2.89 bits per heavy atom. The first-order chi connectivity index (χ1) is 4.20. The number of amides is 1. The summed E-state index contributed by atoms with van der Waals surface area (Å²) < 4.78 is 0. The average molecular weight is 129 g/mol. The molecule has 0 saturated carbocycles. The maximum atomic E-state index is 10.5. The van der Waals surface area contributed by atoms with Gasteiger partial charge in [-0.1, -0.05) is 6.92 Å². The highest BCUT2D eigenvalue weighted by atomic mass is 16.3. The molecular weight excluding hydrogens is 118 g/mol. The van der Waals surface area contributed by atoms with E-state index in [1.807, 2.05) is 6.92 Å². The molecule has 1 aliphatic rings. The fraction of sp³-hybridized carbons (Fsp3) is 0.833. The largest absolute Gasteiger partial charge is 0.373 e. The van der Waals surface area contributed by atoms with Crippen LogP contribution in [0.4, 0.5) is 0 Å². The Morgan fingerprint density at radius 2 is 2.44 bits per heavy atom.